The van der Waals surface area contributed by atoms with E-state index in [1.54, 1.807) is 4.68 Å². The van der Waals surface area contributed by atoms with E-state index in [-0.39, 0.29) is 6.04 Å². The van der Waals surface area contributed by atoms with Crippen molar-refractivity contribution in [2.24, 2.45) is 0 Å². The van der Waals surface area contributed by atoms with E-state index in [2.05, 4.69) is 10.3 Å². The largest absolute Gasteiger partial charge is 0.476 e. The lowest BCUT2D eigenvalue weighted by atomic mass is 9.92. The fraction of sp³-hybridized carbons (Fsp3) is 0.750. The summed E-state index contributed by atoms with van der Waals surface area (Å²) < 4.78 is 1.65. The first-order chi connectivity index (χ1) is 8.27. The van der Waals surface area contributed by atoms with Crippen LogP contribution in [0.5, 0.6) is 0 Å². The van der Waals surface area contributed by atoms with Gasteiger partial charge in [0.15, 0.2) is 5.69 Å². The van der Waals surface area contributed by atoms with Gasteiger partial charge in [0.1, 0.15) is 5.69 Å². The van der Waals surface area contributed by atoms with Crippen LogP contribution in [0.1, 0.15) is 73.1 Å². The monoisotopic (exact) mass is 235 g/mol. The molecule has 17 heavy (non-hydrogen) atoms. The molecule has 0 amide bonds. The van der Waals surface area contributed by atoms with Crippen LogP contribution in [0.2, 0.25) is 0 Å². The molecule has 0 aromatic carbocycles. The van der Waals surface area contributed by atoms with Gasteiger partial charge in [0.2, 0.25) is 0 Å². The fourth-order valence-electron chi connectivity index (χ4n) is 2.87. The molecular formula is C12H17N3O2. The summed E-state index contributed by atoms with van der Waals surface area (Å²) in [7, 11) is 0. The van der Waals surface area contributed by atoms with Crippen LogP contribution in [0.15, 0.2) is 0 Å². The number of hydrogen-bond acceptors (Lipinski definition) is 3. The first kappa shape index (κ1) is 10.7. The predicted molar refractivity (Wildman–Crippen MR) is 61.1 cm³/mol. The Morgan fingerprint density at radius 1 is 1.18 bits per heavy atom. The number of hydrogen-bond donors (Lipinski definition) is 1. The second-order valence-corrected chi connectivity index (χ2v) is 5.14. The maximum absolute atomic E-state index is 11.4. The molecule has 0 atom stereocenters. The summed E-state index contributed by atoms with van der Waals surface area (Å²) in [5.41, 5.74) is 1.07. The van der Waals surface area contributed by atoms with Crippen molar-refractivity contribution in [3.63, 3.8) is 0 Å². The van der Waals surface area contributed by atoms with Gasteiger partial charge >= 0.3 is 5.97 Å². The van der Waals surface area contributed by atoms with Crippen LogP contribution in [-0.2, 0) is 0 Å². The Balaban J connectivity index is 1.96. The zero-order valence-corrected chi connectivity index (χ0v) is 9.80. The van der Waals surface area contributed by atoms with Gasteiger partial charge in [0.25, 0.3) is 0 Å². The lowest BCUT2D eigenvalue weighted by Crippen LogP contribution is -2.23. The second-order valence-electron chi connectivity index (χ2n) is 5.14. The third kappa shape index (κ3) is 1.73. The maximum Gasteiger partial charge on any atom is 0.356 e. The van der Waals surface area contributed by atoms with Crippen molar-refractivity contribution in [1.82, 2.24) is 15.0 Å². The minimum Gasteiger partial charge on any atom is -0.476 e. The Kier molecular flexibility index (Phi) is 2.61. The lowest BCUT2D eigenvalue weighted by molar-refractivity contribution is 0.0673. The second kappa shape index (κ2) is 4.13. The van der Waals surface area contributed by atoms with Crippen molar-refractivity contribution >= 4 is 5.97 Å². The Labute approximate surface area is 99.8 Å². The fourth-order valence-corrected chi connectivity index (χ4v) is 2.87. The third-order valence-corrected chi connectivity index (χ3v) is 4.09. The summed E-state index contributed by atoms with van der Waals surface area (Å²) in [6.45, 7) is 0. The highest BCUT2D eigenvalue weighted by molar-refractivity contribution is 5.87. The third-order valence-electron chi connectivity index (χ3n) is 4.09. The van der Waals surface area contributed by atoms with E-state index in [4.69, 9.17) is 0 Å². The lowest BCUT2D eigenvalue weighted by Gasteiger charge is -2.26. The van der Waals surface area contributed by atoms with Crippen LogP contribution >= 0.6 is 0 Å². The quantitative estimate of drug-likeness (QED) is 0.873. The Bertz CT molecular complexity index is 431. The van der Waals surface area contributed by atoms with Gasteiger partial charge < -0.3 is 5.11 Å². The van der Waals surface area contributed by atoms with Gasteiger partial charge in [-0.25, -0.2) is 9.48 Å². The molecule has 1 aromatic rings. The first-order valence-corrected chi connectivity index (χ1v) is 6.45. The molecule has 2 saturated carbocycles. The van der Waals surface area contributed by atoms with E-state index < -0.39 is 5.97 Å². The van der Waals surface area contributed by atoms with Gasteiger partial charge in [-0.3, -0.25) is 0 Å². The molecule has 1 aromatic heterocycles. The zero-order valence-electron chi connectivity index (χ0n) is 9.80. The van der Waals surface area contributed by atoms with Gasteiger partial charge in [-0.15, -0.1) is 5.10 Å². The molecule has 5 nitrogen and oxygen atoms in total. The van der Waals surface area contributed by atoms with Gasteiger partial charge in [-0.2, -0.15) is 0 Å². The summed E-state index contributed by atoms with van der Waals surface area (Å²) in [5, 5.41) is 17.6. The SMILES string of the molecule is O=C(O)c1c(C2CCCC2)nnn1C1CCC1. The zero-order chi connectivity index (χ0) is 11.8. The molecule has 5 heteroatoms. The van der Waals surface area contributed by atoms with Gasteiger partial charge in [-0.05, 0) is 32.1 Å². The van der Waals surface area contributed by atoms with Crippen molar-refractivity contribution in [3.05, 3.63) is 11.4 Å². The molecule has 0 aliphatic heterocycles. The molecule has 0 unspecified atom stereocenters. The van der Waals surface area contributed by atoms with Crippen molar-refractivity contribution < 1.29 is 9.90 Å². The van der Waals surface area contributed by atoms with Crippen LogP contribution in [0.25, 0.3) is 0 Å². The highest BCUT2D eigenvalue weighted by Crippen LogP contribution is 2.37. The predicted octanol–water partition coefficient (Wildman–Crippen LogP) is 2.36. The van der Waals surface area contributed by atoms with Gasteiger partial charge in [-0.1, -0.05) is 18.1 Å². The van der Waals surface area contributed by atoms with E-state index in [0.717, 1.165) is 31.4 Å². The normalized spacial score (nSPS) is 21.6. The van der Waals surface area contributed by atoms with Crippen LogP contribution in [-0.4, -0.2) is 26.1 Å². The summed E-state index contributed by atoms with van der Waals surface area (Å²) in [4.78, 5) is 11.4. The molecule has 0 bridgehead atoms. The van der Waals surface area contributed by atoms with Crippen molar-refractivity contribution in [1.29, 1.82) is 0 Å². The standard InChI is InChI=1S/C12H17N3O2/c16-12(17)11-10(8-4-1-2-5-8)13-14-15(11)9-6-3-7-9/h8-9H,1-7H2,(H,16,17). The molecule has 2 fully saturated rings. The van der Waals surface area contributed by atoms with Gasteiger partial charge in [0, 0.05) is 5.92 Å². The number of carboxylic acid groups (broad SMARTS) is 1. The molecule has 0 spiro atoms. The Hall–Kier alpha value is -1.39. The molecule has 3 rings (SSSR count). The van der Waals surface area contributed by atoms with Crippen LogP contribution in [0, 0.1) is 0 Å². The summed E-state index contributed by atoms with van der Waals surface area (Å²) in [5.74, 6) is -0.557. The van der Waals surface area contributed by atoms with Crippen LogP contribution < -0.4 is 0 Å². The number of nitrogens with zero attached hydrogens (tertiary/aromatic N) is 3. The highest BCUT2D eigenvalue weighted by atomic mass is 16.4. The van der Waals surface area contributed by atoms with Crippen molar-refractivity contribution in [2.45, 2.75) is 56.9 Å². The average Bonchev–Trinajstić information content (AvgIpc) is 2.80. The topological polar surface area (TPSA) is 68.0 Å². The van der Waals surface area contributed by atoms with Crippen molar-refractivity contribution in [2.75, 3.05) is 0 Å². The maximum atomic E-state index is 11.4. The van der Waals surface area contributed by atoms with Gasteiger partial charge in [0.05, 0.1) is 6.04 Å². The summed E-state index contributed by atoms with van der Waals surface area (Å²) >= 11 is 0. The van der Waals surface area contributed by atoms with E-state index in [9.17, 15) is 9.90 Å². The molecular weight excluding hydrogens is 218 g/mol. The van der Waals surface area contributed by atoms with Crippen LogP contribution in [0.4, 0.5) is 0 Å². The number of aromatic carboxylic acids is 1. The molecule has 1 heterocycles. The van der Waals surface area contributed by atoms with E-state index in [1.807, 2.05) is 0 Å². The molecule has 92 valence electrons. The average molecular weight is 235 g/mol. The number of aromatic nitrogens is 3. The summed E-state index contributed by atoms with van der Waals surface area (Å²) in [6.07, 6.45) is 7.72. The first-order valence-electron chi connectivity index (χ1n) is 6.45. The molecule has 0 radical (unpaired) electrons. The minimum absolute atomic E-state index is 0.267. The molecule has 2 aliphatic rings. The number of rotatable bonds is 3. The Morgan fingerprint density at radius 3 is 2.41 bits per heavy atom. The van der Waals surface area contributed by atoms with Crippen molar-refractivity contribution in [3.8, 4) is 0 Å². The number of carboxylic acids is 1. The number of carbonyl (C=O) groups is 1. The van der Waals surface area contributed by atoms with E-state index in [0.29, 0.717) is 11.6 Å². The molecule has 1 N–H and O–H groups in total. The Morgan fingerprint density at radius 2 is 1.88 bits per heavy atom. The minimum atomic E-state index is -0.871. The smallest absolute Gasteiger partial charge is 0.356 e. The van der Waals surface area contributed by atoms with E-state index in [1.165, 1.54) is 19.3 Å². The molecule has 0 saturated heterocycles. The summed E-state index contributed by atoms with van der Waals surface area (Å²) in [6, 6.07) is 0.267. The van der Waals surface area contributed by atoms with Crippen LogP contribution in [0.3, 0.4) is 0 Å². The molecule has 2 aliphatic carbocycles. The highest BCUT2D eigenvalue weighted by Gasteiger charge is 2.32. The van der Waals surface area contributed by atoms with E-state index >= 15 is 0 Å².